The molecule has 0 aliphatic rings. The molecule has 0 amide bonds. The molecule has 0 radical (unpaired) electrons. The Balaban J connectivity index is 0.000000324. The molecule has 0 atom stereocenters. The van der Waals surface area contributed by atoms with Gasteiger partial charge < -0.3 is 10.3 Å². The van der Waals surface area contributed by atoms with Crippen LogP contribution in [-0.4, -0.2) is 21.7 Å². The highest BCUT2D eigenvalue weighted by Gasteiger charge is 2.22. The maximum atomic E-state index is 11.1. The van der Waals surface area contributed by atoms with Crippen LogP contribution in [0.4, 0.5) is 0 Å². The number of rotatable bonds is 6. The quantitative estimate of drug-likeness (QED) is 0.316. The van der Waals surface area contributed by atoms with Crippen LogP contribution in [0.25, 0.3) is 0 Å². The van der Waals surface area contributed by atoms with Crippen molar-refractivity contribution in [1.82, 2.24) is 9.55 Å². The van der Waals surface area contributed by atoms with E-state index < -0.39 is 0 Å². The van der Waals surface area contributed by atoms with Gasteiger partial charge in [0.2, 0.25) is 0 Å². The minimum Gasteiger partial charge on any atom is -0.387 e. The highest BCUT2D eigenvalue weighted by Crippen LogP contribution is 2.22. The van der Waals surface area contributed by atoms with E-state index in [1.165, 1.54) is 11.1 Å². The summed E-state index contributed by atoms with van der Waals surface area (Å²) in [5, 5.41) is 0. The molecule has 0 spiro atoms. The van der Waals surface area contributed by atoms with E-state index in [0.717, 1.165) is 24.4 Å². The van der Waals surface area contributed by atoms with Crippen molar-refractivity contribution >= 4 is 24.5 Å². The maximum absolute atomic E-state index is 11.1. The Bertz CT molecular complexity index is 945. The number of hydrogen-bond acceptors (Lipinski definition) is 3. The second kappa shape index (κ2) is 12.7. The lowest BCUT2D eigenvalue weighted by Gasteiger charge is -2.20. The van der Waals surface area contributed by atoms with Crippen LogP contribution in [0.1, 0.15) is 61.6 Å². The molecule has 5 nitrogen and oxygen atoms in total. The first-order valence-electron chi connectivity index (χ1n) is 10.2. The second-order valence-electron chi connectivity index (χ2n) is 8.09. The Labute approximate surface area is 191 Å². The molecule has 0 aliphatic heterocycles. The summed E-state index contributed by atoms with van der Waals surface area (Å²) in [6.45, 7) is 9.69. The lowest BCUT2D eigenvalue weighted by Crippen LogP contribution is -2.20. The monoisotopic (exact) mass is 440 g/mol. The van der Waals surface area contributed by atoms with Crippen molar-refractivity contribution < 1.29 is 4.79 Å². The number of aliphatic imine (C=N–C) groups is 1. The highest BCUT2D eigenvalue weighted by molar-refractivity contribution is 5.85. The van der Waals surface area contributed by atoms with Crippen molar-refractivity contribution in [2.75, 3.05) is 0 Å². The van der Waals surface area contributed by atoms with Gasteiger partial charge in [-0.2, -0.15) is 0 Å². The molecule has 0 saturated carbocycles. The second-order valence-corrected chi connectivity index (χ2v) is 8.09. The van der Waals surface area contributed by atoms with Crippen LogP contribution in [0.3, 0.4) is 0 Å². The predicted octanol–water partition coefficient (Wildman–Crippen LogP) is 5.42. The van der Waals surface area contributed by atoms with Gasteiger partial charge >= 0.3 is 0 Å². The largest absolute Gasteiger partial charge is 0.387 e. The smallest absolute Gasteiger partial charge is 0.168 e. The normalized spacial score (nSPS) is 11.2. The number of imidazole rings is 1. The van der Waals surface area contributed by atoms with Crippen molar-refractivity contribution in [1.29, 1.82) is 0 Å². The molecule has 1 aromatic heterocycles. The summed E-state index contributed by atoms with van der Waals surface area (Å²) < 4.78 is 1.99. The van der Waals surface area contributed by atoms with Crippen LogP contribution < -0.4 is 5.73 Å². The summed E-state index contributed by atoms with van der Waals surface area (Å²) in [7, 11) is 0. The molecular formula is C25H33ClN4O. The number of aromatic nitrogens is 2. The number of benzene rings is 2. The molecule has 0 aliphatic carbocycles. The van der Waals surface area contributed by atoms with Gasteiger partial charge in [-0.3, -0.25) is 9.79 Å². The molecule has 6 heteroatoms. The number of carbonyl (C=O) groups is 1. The fraction of sp³-hybridized carbons (Fsp3) is 0.320. The van der Waals surface area contributed by atoms with E-state index in [-0.39, 0.29) is 17.8 Å². The Morgan fingerprint density at radius 3 is 2.06 bits per heavy atom. The van der Waals surface area contributed by atoms with E-state index in [4.69, 9.17) is 5.73 Å². The van der Waals surface area contributed by atoms with Crippen molar-refractivity contribution in [2.45, 2.75) is 52.6 Å². The van der Waals surface area contributed by atoms with Crippen molar-refractivity contribution in [3.8, 4) is 0 Å². The lowest BCUT2D eigenvalue weighted by atomic mass is 9.95. The van der Waals surface area contributed by atoms with Crippen molar-refractivity contribution in [2.24, 2.45) is 10.7 Å². The van der Waals surface area contributed by atoms with Crippen LogP contribution in [0, 0.1) is 0 Å². The van der Waals surface area contributed by atoms with E-state index in [9.17, 15) is 4.79 Å². The average Bonchev–Trinajstić information content (AvgIpc) is 3.17. The number of halogens is 1. The summed E-state index contributed by atoms with van der Waals surface area (Å²) in [6.07, 6.45) is 3.34. The van der Waals surface area contributed by atoms with Crippen LogP contribution in [0.5, 0.6) is 0 Å². The third-order valence-corrected chi connectivity index (χ3v) is 4.53. The fourth-order valence-electron chi connectivity index (χ4n) is 2.90. The van der Waals surface area contributed by atoms with Gasteiger partial charge in [-0.1, -0.05) is 88.4 Å². The number of nitrogens with two attached hydrogens (primary N) is 1. The predicted molar refractivity (Wildman–Crippen MR) is 131 cm³/mol. The average molecular weight is 441 g/mol. The summed E-state index contributed by atoms with van der Waals surface area (Å²) in [5.41, 5.74) is 8.50. The van der Waals surface area contributed by atoms with E-state index in [2.05, 4.69) is 42.9 Å². The third kappa shape index (κ3) is 8.38. The summed E-state index contributed by atoms with van der Waals surface area (Å²) in [4.78, 5) is 19.7. The molecule has 2 N–H and O–H groups in total. The zero-order chi connectivity index (χ0) is 22.0. The Morgan fingerprint density at radius 1 is 1.03 bits per heavy atom. The van der Waals surface area contributed by atoms with E-state index in [1.807, 2.05) is 60.0 Å². The van der Waals surface area contributed by atoms with Gasteiger partial charge in [0.15, 0.2) is 6.29 Å². The first-order chi connectivity index (χ1) is 14.3. The topological polar surface area (TPSA) is 73.3 Å². The Morgan fingerprint density at radius 2 is 1.58 bits per heavy atom. The molecule has 0 bridgehead atoms. The van der Waals surface area contributed by atoms with Gasteiger partial charge in [0, 0.05) is 18.4 Å². The van der Waals surface area contributed by atoms with Crippen molar-refractivity contribution in [3.63, 3.8) is 0 Å². The first-order valence-corrected chi connectivity index (χ1v) is 10.2. The maximum Gasteiger partial charge on any atom is 0.168 e. The summed E-state index contributed by atoms with van der Waals surface area (Å²) in [6, 6.07) is 20.2. The Kier molecular flexibility index (Phi) is 10.7. The molecule has 0 saturated heterocycles. The molecular weight excluding hydrogens is 408 g/mol. The molecule has 0 fully saturated rings. The standard InChI is InChI=1S/C15H18N2O.C10H14N2.ClH/c1-15(2,3)14-16-9-13(11-18)17(14)10-12-7-5-4-6-8-12;1-2-10(11)12-8-9-6-4-3-5-7-9;/h4-9,11H,10H2,1-3H3;3-7H,2,8H2,1H3,(H2,11,12);1H. The summed E-state index contributed by atoms with van der Waals surface area (Å²) >= 11 is 0. The van der Waals surface area contributed by atoms with Gasteiger partial charge in [0.25, 0.3) is 0 Å². The minimum atomic E-state index is -0.0734. The van der Waals surface area contributed by atoms with Gasteiger partial charge in [0.05, 0.1) is 18.6 Å². The summed E-state index contributed by atoms with van der Waals surface area (Å²) in [5.74, 6) is 1.66. The number of carbonyl (C=O) groups excluding carboxylic acids is 1. The molecule has 2 aromatic carbocycles. The Hall–Kier alpha value is -2.92. The SMILES string of the molecule is CC(C)(C)c1ncc(C=O)n1Cc1ccccc1.CCC(N)=NCc1ccccc1.Cl. The molecule has 3 rings (SSSR count). The lowest BCUT2D eigenvalue weighted by molar-refractivity contribution is 0.111. The van der Waals surface area contributed by atoms with Crippen LogP contribution in [-0.2, 0) is 18.5 Å². The molecule has 31 heavy (non-hydrogen) atoms. The van der Waals surface area contributed by atoms with Gasteiger partial charge in [-0.05, 0) is 11.1 Å². The zero-order valence-corrected chi connectivity index (χ0v) is 19.6. The molecule has 1 heterocycles. The van der Waals surface area contributed by atoms with Crippen LogP contribution in [0.2, 0.25) is 0 Å². The van der Waals surface area contributed by atoms with Crippen LogP contribution in [0.15, 0.2) is 71.9 Å². The first kappa shape index (κ1) is 26.1. The van der Waals surface area contributed by atoms with Gasteiger partial charge in [-0.25, -0.2) is 4.98 Å². The number of amidine groups is 1. The number of hydrogen-bond donors (Lipinski definition) is 1. The van der Waals surface area contributed by atoms with Crippen molar-refractivity contribution in [3.05, 3.63) is 89.5 Å². The third-order valence-electron chi connectivity index (χ3n) is 4.53. The molecule has 166 valence electrons. The van der Waals surface area contributed by atoms with E-state index in [1.54, 1.807) is 6.20 Å². The van der Waals surface area contributed by atoms with Gasteiger partial charge in [-0.15, -0.1) is 12.4 Å². The molecule has 3 aromatic rings. The van der Waals surface area contributed by atoms with Crippen LogP contribution >= 0.6 is 12.4 Å². The number of aldehydes is 1. The minimum absolute atomic E-state index is 0. The van der Waals surface area contributed by atoms with Gasteiger partial charge in [0.1, 0.15) is 11.5 Å². The molecule has 0 unspecified atom stereocenters. The fourth-order valence-corrected chi connectivity index (χ4v) is 2.90. The zero-order valence-electron chi connectivity index (χ0n) is 18.8. The highest BCUT2D eigenvalue weighted by atomic mass is 35.5. The van der Waals surface area contributed by atoms with E-state index >= 15 is 0 Å². The number of nitrogens with zero attached hydrogens (tertiary/aromatic N) is 3. The van der Waals surface area contributed by atoms with E-state index in [0.29, 0.717) is 18.8 Å².